The molecular weight excluding hydrogens is 274 g/mol. The maximum Gasteiger partial charge on any atom is 0.299 e. The Bertz CT molecular complexity index is 557. The standard InChI is InChI=1S/C14H19N3O2S/c1-10-4-5-11(2)12(8-10)19-14-17-16-13(20-14)9-15-6-7-18-3/h4-5,8,15H,6-7,9H2,1-3H3. The number of rotatable bonds is 7. The van der Waals surface area contributed by atoms with Gasteiger partial charge in [0.2, 0.25) is 0 Å². The highest BCUT2D eigenvalue weighted by molar-refractivity contribution is 7.13. The van der Waals surface area contributed by atoms with E-state index in [1.165, 1.54) is 11.3 Å². The molecule has 1 aromatic heterocycles. The Labute approximate surface area is 123 Å². The van der Waals surface area contributed by atoms with Gasteiger partial charge in [0.25, 0.3) is 5.19 Å². The van der Waals surface area contributed by atoms with E-state index in [2.05, 4.69) is 21.6 Å². The molecule has 0 aliphatic carbocycles. The van der Waals surface area contributed by atoms with Crippen molar-refractivity contribution in [1.29, 1.82) is 0 Å². The quantitative estimate of drug-likeness (QED) is 0.795. The molecule has 0 spiro atoms. The molecule has 0 aliphatic heterocycles. The van der Waals surface area contributed by atoms with E-state index in [0.29, 0.717) is 18.3 Å². The van der Waals surface area contributed by atoms with Crippen molar-refractivity contribution in [3.05, 3.63) is 34.3 Å². The lowest BCUT2D eigenvalue weighted by atomic mass is 10.1. The zero-order valence-electron chi connectivity index (χ0n) is 12.0. The molecular formula is C14H19N3O2S. The largest absolute Gasteiger partial charge is 0.430 e. The van der Waals surface area contributed by atoms with Crippen LogP contribution in [0.15, 0.2) is 18.2 Å². The third-order valence-corrected chi connectivity index (χ3v) is 3.55. The van der Waals surface area contributed by atoms with Crippen molar-refractivity contribution in [2.75, 3.05) is 20.3 Å². The molecule has 1 heterocycles. The van der Waals surface area contributed by atoms with Gasteiger partial charge < -0.3 is 14.8 Å². The Kier molecular flexibility index (Phi) is 5.46. The fraction of sp³-hybridized carbons (Fsp3) is 0.429. The van der Waals surface area contributed by atoms with Crippen LogP contribution in [0.25, 0.3) is 0 Å². The van der Waals surface area contributed by atoms with Crippen molar-refractivity contribution in [2.45, 2.75) is 20.4 Å². The summed E-state index contributed by atoms with van der Waals surface area (Å²) in [6.45, 7) is 6.21. The van der Waals surface area contributed by atoms with E-state index in [1.807, 2.05) is 26.0 Å². The Balaban J connectivity index is 1.93. The second-order valence-corrected chi connectivity index (χ2v) is 5.53. The van der Waals surface area contributed by atoms with E-state index >= 15 is 0 Å². The van der Waals surface area contributed by atoms with Crippen molar-refractivity contribution in [1.82, 2.24) is 15.5 Å². The summed E-state index contributed by atoms with van der Waals surface area (Å²) in [7, 11) is 1.68. The first-order chi connectivity index (χ1) is 9.69. The second kappa shape index (κ2) is 7.33. The van der Waals surface area contributed by atoms with Gasteiger partial charge in [0, 0.05) is 20.2 Å². The topological polar surface area (TPSA) is 56.3 Å². The highest BCUT2D eigenvalue weighted by atomic mass is 32.1. The maximum atomic E-state index is 5.79. The predicted octanol–water partition coefficient (Wildman–Crippen LogP) is 2.68. The first kappa shape index (κ1) is 14.9. The number of hydrogen-bond acceptors (Lipinski definition) is 6. The Morgan fingerprint density at radius 1 is 1.25 bits per heavy atom. The lowest BCUT2D eigenvalue weighted by Gasteiger charge is -2.05. The van der Waals surface area contributed by atoms with Gasteiger partial charge in [0.1, 0.15) is 10.8 Å². The monoisotopic (exact) mass is 293 g/mol. The number of aryl methyl sites for hydroxylation is 2. The van der Waals surface area contributed by atoms with Gasteiger partial charge in [0.05, 0.1) is 6.61 Å². The zero-order valence-corrected chi connectivity index (χ0v) is 12.8. The van der Waals surface area contributed by atoms with Crippen LogP contribution in [-0.4, -0.2) is 30.5 Å². The number of aromatic nitrogens is 2. The third kappa shape index (κ3) is 4.26. The molecule has 1 aromatic carbocycles. The van der Waals surface area contributed by atoms with Crippen LogP contribution in [0.4, 0.5) is 0 Å². The first-order valence-corrected chi connectivity index (χ1v) is 7.28. The minimum absolute atomic E-state index is 0.572. The molecule has 2 aromatic rings. The number of nitrogens with zero attached hydrogens (tertiary/aromatic N) is 2. The number of nitrogens with one attached hydrogen (secondary N) is 1. The van der Waals surface area contributed by atoms with Crippen LogP contribution in [0, 0.1) is 13.8 Å². The molecule has 2 rings (SSSR count). The van der Waals surface area contributed by atoms with Gasteiger partial charge in [-0.2, -0.15) is 0 Å². The maximum absolute atomic E-state index is 5.79. The number of benzene rings is 1. The minimum Gasteiger partial charge on any atom is -0.430 e. The number of ether oxygens (including phenoxy) is 2. The van der Waals surface area contributed by atoms with E-state index in [1.54, 1.807) is 7.11 Å². The van der Waals surface area contributed by atoms with Crippen LogP contribution in [0.1, 0.15) is 16.1 Å². The molecule has 1 N–H and O–H groups in total. The summed E-state index contributed by atoms with van der Waals surface area (Å²) >= 11 is 1.45. The second-order valence-electron chi connectivity index (χ2n) is 4.50. The SMILES string of the molecule is COCCNCc1nnc(Oc2cc(C)ccc2C)s1. The lowest BCUT2D eigenvalue weighted by molar-refractivity contribution is 0.199. The van der Waals surface area contributed by atoms with Crippen molar-refractivity contribution in [3.8, 4) is 10.9 Å². The Morgan fingerprint density at radius 2 is 2.10 bits per heavy atom. The molecule has 0 amide bonds. The fourth-order valence-electron chi connectivity index (χ4n) is 1.63. The average Bonchev–Trinajstić information content (AvgIpc) is 2.87. The number of hydrogen-bond donors (Lipinski definition) is 1. The summed E-state index contributed by atoms with van der Waals surface area (Å²) in [5.74, 6) is 0.833. The molecule has 0 bridgehead atoms. The molecule has 0 atom stereocenters. The van der Waals surface area contributed by atoms with Gasteiger partial charge in [-0.25, -0.2) is 0 Å². The molecule has 0 radical (unpaired) electrons. The molecule has 0 saturated heterocycles. The summed E-state index contributed by atoms with van der Waals surface area (Å²) < 4.78 is 10.8. The van der Waals surface area contributed by atoms with Gasteiger partial charge in [-0.15, -0.1) is 5.10 Å². The summed E-state index contributed by atoms with van der Waals surface area (Å²) in [5.41, 5.74) is 2.25. The number of methoxy groups -OCH3 is 1. The van der Waals surface area contributed by atoms with Crippen LogP contribution in [0.3, 0.4) is 0 Å². The van der Waals surface area contributed by atoms with Gasteiger partial charge in [0.15, 0.2) is 0 Å². The molecule has 5 nitrogen and oxygen atoms in total. The van der Waals surface area contributed by atoms with Crippen LogP contribution in [0.2, 0.25) is 0 Å². The van der Waals surface area contributed by atoms with Crippen LogP contribution in [0.5, 0.6) is 10.9 Å². The van der Waals surface area contributed by atoms with E-state index in [-0.39, 0.29) is 0 Å². The summed E-state index contributed by atoms with van der Waals surface area (Å²) in [4.78, 5) is 0. The highest BCUT2D eigenvalue weighted by Crippen LogP contribution is 2.28. The first-order valence-electron chi connectivity index (χ1n) is 6.46. The average molecular weight is 293 g/mol. The Morgan fingerprint density at radius 3 is 2.90 bits per heavy atom. The van der Waals surface area contributed by atoms with Crippen molar-refractivity contribution in [3.63, 3.8) is 0 Å². The van der Waals surface area contributed by atoms with Crippen LogP contribution in [-0.2, 0) is 11.3 Å². The predicted molar refractivity (Wildman–Crippen MR) is 79.5 cm³/mol. The third-order valence-electron chi connectivity index (χ3n) is 2.75. The molecule has 0 aliphatic rings. The highest BCUT2D eigenvalue weighted by Gasteiger charge is 2.08. The zero-order chi connectivity index (χ0) is 14.4. The smallest absolute Gasteiger partial charge is 0.299 e. The van der Waals surface area contributed by atoms with Crippen LogP contribution >= 0.6 is 11.3 Å². The van der Waals surface area contributed by atoms with Crippen LogP contribution < -0.4 is 10.1 Å². The van der Waals surface area contributed by atoms with Crippen molar-refractivity contribution < 1.29 is 9.47 Å². The van der Waals surface area contributed by atoms with Gasteiger partial charge >= 0.3 is 0 Å². The van der Waals surface area contributed by atoms with E-state index < -0.39 is 0 Å². The molecule has 0 fully saturated rings. The minimum atomic E-state index is 0.572. The van der Waals surface area contributed by atoms with Gasteiger partial charge in [-0.1, -0.05) is 28.6 Å². The summed E-state index contributed by atoms with van der Waals surface area (Å²) in [6, 6.07) is 6.11. The normalized spacial score (nSPS) is 10.8. The van der Waals surface area contributed by atoms with E-state index in [4.69, 9.17) is 9.47 Å². The summed E-state index contributed by atoms with van der Waals surface area (Å²) in [5, 5.41) is 12.9. The van der Waals surface area contributed by atoms with E-state index in [0.717, 1.165) is 28.4 Å². The molecule has 0 saturated carbocycles. The fourth-order valence-corrected chi connectivity index (χ4v) is 2.30. The molecule has 6 heteroatoms. The van der Waals surface area contributed by atoms with Gasteiger partial charge in [-0.05, 0) is 31.0 Å². The molecule has 0 unspecified atom stereocenters. The lowest BCUT2D eigenvalue weighted by Crippen LogP contribution is -2.18. The van der Waals surface area contributed by atoms with Crippen molar-refractivity contribution >= 4 is 11.3 Å². The van der Waals surface area contributed by atoms with Crippen molar-refractivity contribution in [2.24, 2.45) is 0 Å². The molecule has 20 heavy (non-hydrogen) atoms. The Hall–Kier alpha value is -1.50. The van der Waals surface area contributed by atoms with Gasteiger partial charge in [-0.3, -0.25) is 0 Å². The molecule has 108 valence electrons. The summed E-state index contributed by atoms with van der Waals surface area (Å²) in [6.07, 6.45) is 0. The van der Waals surface area contributed by atoms with E-state index in [9.17, 15) is 0 Å².